The number of hydrogen-bond acceptors (Lipinski definition) is 1. The van der Waals surface area contributed by atoms with Crippen LogP contribution in [0.2, 0.25) is 0 Å². The Labute approximate surface area is 97.8 Å². The Morgan fingerprint density at radius 2 is 2.07 bits per heavy atom. The van der Waals surface area contributed by atoms with E-state index in [9.17, 15) is 0 Å². The third kappa shape index (κ3) is 1.92. The predicted molar refractivity (Wildman–Crippen MR) is 67.7 cm³/mol. The summed E-state index contributed by atoms with van der Waals surface area (Å²) in [5.41, 5.74) is 8.23. The molecule has 2 N–H and O–H groups in total. The minimum absolute atomic E-state index is 0.812. The molecule has 0 aliphatic rings. The number of nitrogen functional groups attached to an aromatic ring is 1. The Kier molecular flexibility index (Phi) is 2.82. The van der Waals surface area contributed by atoms with Crippen molar-refractivity contribution in [2.45, 2.75) is 13.5 Å². The van der Waals surface area contributed by atoms with Crippen molar-refractivity contribution in [3.05, 3.63) is 40.9 Å². The Bertz CT molecular complexity index is 474. The number of aromatic nitrogens is 1. The lowest BCUT2D eigenvalue weighted by Crippen LogP contribution is -2.01. The average Bonchev–Trinajstić information content (AvgIpc) is 2.59. The van der Waals surface area contributed by atoms with Crippen molar-refractivity contribution in [1.29, 1.82) is 0 Å². The molecule has 0 aliphatic carbocycles. The van der Waals surface area contributed by atoms with Crippen molar-refractivity contribution >= 4 is 21.7 Å². The molecule has 78 valence electrons. The first kappa shape index (κ1) is 10.3. The molecule has 2 rings (SSSR count). The summed E-state index contributed by atoms with van der Waals surface area (Å²) in [6, 6.07) is 12.2. The lowest BCUT2D eigenvalue weighted by Gasteiger charge is -2.08. The standard InChI is InChI=1S/C12H13BrN2/c1-2-15-11(6-7-12(15)14)9-4-3-5-10(13)8-9/h3-8H,2,14H2,1H3. The van der Waals surface area contributed by atoms with Gasteiger partial charge in [-0.3, -0.25) is 0 Å². The Morgan fingerprint density at radius 1 is 1.27 bits per heavy atom. The van der Waals surface area contributed by atoms with Crippen LogP contribution in [0.1, 0.15) is 6.92 Å². The van der Waals surface area contributed by atoms with E-state index in [0.717, 1.165) is 22.5 Å². The highest BCUT2D eigenvalue weighted by atomic mass is 79.9. The van der Waals surface area contributed by atoms with Gasteiger partial charge in [0.25, 0.3) is 0 Å². The van der Waals surface area contributed by atoms with Crippen molar-refractivity contribution in [1.82, 2.24) is 4.57 Å². The van der Waals surface area contributed by atoms with Crippen LogP contribution in [0.4, 0.5) is 5.82 Å². The van der Waals surface area contributed by atoms with Gasteiger partial charge >= 0.3 is 0 Å². The first-order valence-corrected chi connectivity index (χ1v) is 5.72. The van der Waals surface area contributed by atoms with Crippen LogP contribution >= 0.6 is 15.9 Å². The molecule has 0 bridgehead atoms. The number of hydrogen-bond donors (Lipinski definition) is 1. The molecule has 15 heavy (non-hydrogen) atoms. The summed E-state index contributed by atoms with van der Waals surface area (Å²) in [5.74, 6) is 0.812. The van der Waals surface area contributed by atoms with Crippen LogP contribution in [0.15, 0.2) is 40.9 Å². The minimum atomic E-state index is 0.812. The van der Waals surface area contributed by atoms with Crippen LogP contribution in [0.5, 0.6) is 0 Å². The molecule has 0 amide bonds. The van der Waals surface area contributed by atoms with Gasteiger partial charge in [0.15, 0.2) is 0 Å². The highest BCUT2D eigenvalue weighted by molar-refractivity contribution is 9.10. The number of anilines is 1. The third-order valence-corrected chi connectivity index (χ3v) is 2.94. The summed E-state index contributed by atoms with van der Waals surface area (Å²) in [4.78, 5) is 0. The van der Waals surface area contributed by atoms with E-state index in [1.807, 2.05) is 18.2 Å². The van der Waals surface area contributed by atoms with Crippen molar-refractivity contribution in [2.24, 2.45) is 0 Å². The molecular weight excluding hydrogens is 252 g/mol. The molecule has 1 heterocycles. The second kappa shape index (κ2) is 4.11. The van der Waals surface area contributed by atoms with Crippen LogP contribution in [-0.4, -0.2) is 4.57 Å². The van der Waals surface area contributed by atoms with E-state index in [2.05, 4.69) is 45.6 Å². The van der Waals surface area contributed by atoms with E-state index in [1.165, 1.54) is 5.56 Å². The van der Waals surface area contributed by atoms with Gasteiger partial charge in [0.2, 0.25) is 0 Å². The Hall–Kier alpha value is -1.22. The average molecular weight is 265 g/mol. The third-order valence-electron chi connectivity index (χ3n) is 2.45. The fourth-order valence-corrected chi connectivity index (χ4v) is 2.14. The fourth-order valence-electron chi connectivity index (χ4n) is 1.74. The quantitative estimate of drug-likeness (QED) is 0.884. The minimum Gasteiger partial charge on any atom is -0.385 e. The van der Waals surface area contributed by atoms with Crippen LogP contribution in [0.25, 0.3) is 11.3 Å². The van der Waals surface area contributed by atoms with E-state index < -0.39 is 0 Å². The predicted octanol–water partition coefficient (Wildman–Crippen LogP) is 3.52. The van der Waals surface area contributed by atoms with E-state index in [4.69, 9.17) is 5.73 Å². The molecule has 0 spiro atoms. The van der Waals surface area contributed by atoms with Gasteiger partial charge in [-0.15, -0.1) is 0 Å². The molecule has 0 saturated heterocycles. The summed E-state index contributed by atoms with van der Waals surface area (Å²) in [6.45, 7) is 2.98. The highest BCUT2D eigenvalue weighted by Gasteiger charge is 2.06. The maximum Gasteiger partial charge on any atom is 0.103 e. The monoisotopic (exact) mass is 264 g/mol. The molecule has 2 aromatic rings. The number of rotatable bonds is 2. The lowest BCUT2D eigenvalue weighted by atomic mass is 10.1. The Balaban J connectivity index is 2.54. The zero-order valence-corrected chi connectivity index (χ0v) is 10.2. The van der Waals surface area contributed by atoms with Gasteiger partial charge in [-0.25, -0.2) is 0 Å². The van der Waals surface area contributed by atoms with E-state index >= 15 is 0 Å². The summed E-state index contributed by atoms with van der Waals surface area (Å²) in [6.07, 6.45) is 0. The zero-order chi connectivity index (χ0) is 10.8. The van der Waals surface area contributed by atoms with E-state index in [1.54, 1.807) is 0 Å². The first-order chi connectivity index (χ1) is 7.22. The Morgan fingerprint density at radius 3 is 2.73 bits per heavy atom. The summed E-state index contributed by atoms with van der Waals surface area (Å²) in [5, 5.41) is 0. The molecule has 0 saturated carbocycles. The number of benzene rings is 1. The molecule has 0 atom stereocenters. The van der Waals surface area contributed by atoms with Crippen molar-refractivity contribution < 1.29 is 0 Å². The SMILES string of the molecule is CCn1c(N)ccc1-c1cccc(Br)c1. The molecule has 0 radical (unpaired) electrons. The molecule has 0 unspecified atom stereocenters. The highest BCUT2D eigenvalue weighted by Crippen LogP contribution is 2.26. The van der Waals surface area contributed by atoms with Crippen LogP contribution in [0, 0.1) is 0 Å². The second-order valence-corrected chi connectivity index (χ2v) is 4.31. The van der Waals surface area contributed by atoms with Gasteiger partial charge in [0, 0.05) is 16.7 Å². The largest absolute Gasteiger partial charge is 0.385 e. The van der Waals surface area contributed by atoms with Crippen molar-refractivity contribution in [3.8, 4) is 11.3 Å². The van der Waals surface area contributed by atoms with Gasteiger partial charge in [-0.05, 0) is 36.8 Å². The maximum atomic E-state index is 5.88. The topological polar surface area (TPSA) is 30.9 Å². The normalized spacial score (nSPS) is 10.5. The van der Waals surface area contributed by atoms with Crippen LogP contribution in [-0.2, 0) is 6.54 Å². The van der Waals surface area contributed by atoms with Gasteiger partial charge in [0.1, 0.15) is 5.82 Å². The molecule has 1 aromatic carbocycles. The van der Waals surface area contributed by atoms with E-state index in [0.29, 0.717) is 0 Å². The van der Waals surface area contributed by atoms with Gasteiger partial charge < -0.3 is 10.3 Å². The number of nitrogens with two attached hydrogens (primary N) is 1. The lowest BCUT2D eigenvalue weighted by molar-refractivity contribution is 0.788. The van der Waals surface area contributed by atoms with E-state index in [-0.39, 0.29) is 0 Å². The fraction of sp³-hybridized carbons (Fsp3) is 0.167. The second-order valence-electron chi connectivity index (χ2n) is 3.40. The van der Waals surface area contributed by atoms with Gasteiger partial charge in [-0.1, -0.05) is 28.1 Å². The molecule has 0 aliphatic heterocycles. The summed E-state index contributed by atoms with van der Waals surface area (Å²) >= 11 is 3.47. The summed E-state index contributed by atoms with van der Waals surface area (Å²) < 4.78 is 3.18. The van der Waals surface area contributed by atoms with Gasteiger partial charge in [-0.2, -0.15) is 0 Å². The molecule has 2 nitrogen and oxygen atoms in total. The first-order valence-electron chi connectivity index (χ1n) is 4.93. The molecular formula is C12H13BrN2. The van der Waals surface area contributed by atoms with Crippen LogP contribution in [0.3, 0.4) is 0 Å². The molecule has 1 aromatic heterocycles. The smallest absolute Gasteiger partial charge is 0.103 e. The zero-order valence-electron chi connectivity index (χ0n) is 8.57. The van der Waals surface area contributed by atoms with Crippen molar-refractivity contribution in [3.63, 3.8) is 0 Å². The van der Waals surface area contributed by atoms with Crippen LogP contribution < -0.4 is 5.73 Å². The molecule has 3 heteroatoms. The molecule has 0 fully saturated rings. The maximum absolute atomic E-state index is 5.88. The number of halogens is 1. The van der Waals surface area contributed by atoms with Gasteiger partial charge in [0.05, 0.1) is 0 Å². The van der Waals surface area contributed by atoms with Crippen molar-refractivity contribution in [2.75, 3.05) is 5.73 Å². The summed E-state index contributed by atoms with van der Waals surface area (Å²) in [7, 11) is 0. The number of nitrogens with zero attached hydrogens (tertiary/aromatic N) is 1.